The molecule has 0 unspecified atom stereocenters. The fourth-order valence-electron chi connectivity index (χ4n) is 5.92. The van der Waals surface area contributed by atoms with Crippen LogP contribution in [0.5, 0.6) is 5.75 Å². The van der Waals surface area contributed by atoms with Gasteiger partial charge in [-0.25, -0.2) is 0 Å². The van der Waals surface area contributed by atoms with Gasteiger partial charge in [-0.2, -0.15) is 0 Å². The molecule has 1 aliphatic rings. The lowest BCUT2D eigenvalue weighted by Gasteiger charge is -2.33. The van der Waals surface area contributed by atoms with Gasteiger partial charge < -0.3 is 14.6 Å². The second-order valence-electron chi connectivity index (χ2n) is 9.99. The third-order valence-corrected chi connectivity index (χ3v) is 7.98. The molecular weight excluding hydrogens is 481 g/mol. The fourth-order valence-corrected chi connectivity index (χ4v) is 5.92. The summed E-state index contributed by atoms with van der Waals surface area (Å²) >= 11 is 0. The van der Waals surface area contributed by atoms with Crippen molar-refractivity contribution in [2.75, 3.05) is 5.32 Å². The third-order valence-electron chi connectivity index (χ3n) is 7.98. The number of carbonyl (C=O) groups is 1. The monoisotopic (exact) mass is 514 g/mol. The zero-order chi connectivity index (χ0) is 26.8. The lowest BCUT2D eigenvalue weighted by atomic mass is 9.73. The molecule has 1 heterocycles. The number of nitrogens with one attached hydrogen (secondary N) is 1. The molecule has 0 radical (unpaired) electrons. The number of hydrogen-bond acceptors (Lipinski definition) is 3. The van der Waals surface area contributed by atoms with Crippen molar-refractivity contribution in [2.24, 2.45) is 17.3 Å². The van der Waals surface area contributed by atoms with Gasteiger partial charge in [-0.05, 0) is 67.0 Å². The Morgan fingerprint density at radius 1 is 1.05 bits per heavy atom. The van der Waals surface area contributed by atoms with Crippen molar-refractivity contribution in [1.29, 1.82) is 0 Å². The van der Waals surface area contributed by atoms with Crippen molar-refractivity contribution < 1.29 is 22.7 Å². The number of hydrogen-bond donors (Lipinski definition) is 1. The SMILES string of the molecule is CC[C@H]1C[C@H](CC)[C@](CC)(C(=O)Nc2cccc3c(=O)n(Cc4ccc(OC(F)(F)F)cc4)ccc23)C1. The Hall–Kier alpha value is -3.29. The van der Waals surface area contributed by atoms with Gasteiger partial charge in [-0.3, -0.25) is 9.59 Å². The van der Waals surface area contributed by atoms with E-state index in [9.17, 15) is 22.8 Å². The van der Waals surface area contributed by atoms with Gasteiger partial charge in [0.1, 0.15) is 5.75 Å². The van der Waals surface area contributed by atoms with Gasteiger partial charge in [-0.1, -0.05) is 51.8 Å². The molecule has 0 saturated heterocycles. The number of ether oxygens (including phenoxy) is 1. The van der Waals surface area contributed by atoms with Crippen LogP contribution in [0.2, 0.25) is 0 Å². The number of rotatable bonds is 8. The summed E-state index contributed by atoms with van der Waals surface area (Å²) in [5.41, 5.74) is 0.618. The summed E-state index contributed by atoms with van der Waals surface area (Å²) in [5.74, 6) is 0.591. The topological polar surface area (TPSA) is 60.3 Å². The van der Waals surface area contributed by atoms with Crippen LogP contribution in [0.15, 0.2) is 59.5 Å². The molecule has 0 spiro atoms. The number of alkyl halides is 3. The number of nitrogens with zero attached hydrogens (tertiary/aromatic N) is 1. The van der Waals surface area contributed by atoms with E-state index in [1.54, 1.807) is 24.4 Å². The molecule has 3 atom stereocenters. The van der Waals surface area contributed by atoms with E-state index in [4.69, 9.17) is 0 Å². The van der Waals surface area contributed by atoms with Gasteiger partial charge >= 0.3 is 6.36 Å². The molecule has 1 aliphatic carbocycles. The molecule has 5 nitrogen and oxygen atoms in total. The third kappa shape index (κ3) is 5.53. The van der Waals surface area contributed by atoms with Gasteiger partial charge in [-0.15, -0.1) is 13.2 Å². The number of aromatic nitrogens is 1. The molecule has 198 valence electrons. The quantitative estimate of drug-likeness (QED) is 0.348. The predicted octanol–water partition coefficient (Wildman–Crippen LogP) is 7.13. The van der Waals surface area contributed by atoms with E-state index in [0.717, 1.165) is 32.1 Å². The summed E-state index contributed by atoms with van der Waals surface area (Å²) in [6.07, 6.45) is 1.64. The van der Waals surface area contributed by atoms with Crippen LogP contribution in [0.25, 0.3) is 10.8 Å². The van der Waals surface area contributed by atoms with Crippen LogP contribution < -0.4 is 15.6 Å². The van der Waals surface area contributed by atoms with Crippen LogP contribution in [0, 0.1) is 17.3 Å². The Kier molecular flexibility index (Phi) is 7.67. The first-order valence-corrected chi connectivity index (χ1v) is 12.9. The van der Waals surface area contributed by atoms with Crippen molar-refractivity contribution >= 4 is 22.4 Å². The first-order chi connectivity index (χ1) is 17.6. The summed E-state index contributed by atoms with van der Waals surface area (Å²) in [7, 11) is 0. The molecule has 3 aromatic rings. The largest absolute Gasteiger partial charge is 0.573 e. The standard InChI is InChI=1S/C29H33F3N2O3/c1-4-19-16-21(5-2)28(6-3,17-19)27(36)33-25-9-7-8-24-23(25)14-15-34(26(24)35)18-20-10-12-22(13-11-20)37-29(30,31)32/h7-15,19,21H,4-6,16-18H2,1-3H3,(H,33,36)/t19-,21-,28+/m0/s1. The zero-order valence-corrected chi connectivity index (χ0v) is 21.4. The summed E-state index contributed by atoms with van der Waals surface area (Å²) in [5, 5.41) is 4.28. The van der Waals surface area contributed by atoms with Crippen molar-refractivity contribution in [3.63, 3.8) is 0 Å². The summed E-state index contributed by atoms with van der Waals surface area (Å²) in [6, 6.07) is 12.5. The maximum Gasteiger partial charge on any atom is 0.573 e. The molecule has 0 bridgehead atoms. The van der Waals surface area contributed by atoms with Gasteiger partial charge in [0.15, 0.2) is 0 Å². The number of halogens is 3. The minimum atomic E-state index is -4.76. The average Bonchev–Trinajstić information content (AvgIpc) is 3.26. The minimum absolute atomic E-state index is 0.0237. The second kappa shape index (κ2) is 10.6. The molecule has 1 N–H and O–H groups in total. The maximum atomic E-state index is 13.7. The molecule has 37 heavy (non-hydrogen) atoms. The van der Waals surface area contributed by atoms with Gasteiger partial charge in [0.2, 0.25) is 5.91 Å². The first kappa shape index (κ1) is 26.8. The Morgan fingerprint density at radius 3 is 2.41 bits per heavy atom. The lowest BCUT2D eigenvalue weighted by molar-refractivity contribution is -0.274. The van der Waals surface area contributed by atoms with Crippen LogP contribution in [-0.4, -0.2) is 16.8 Å². The molecule has 1 amide bonds. The van der Waals surface area contributed by atoms with E-state index >= 15 is 0 Å². The maximum absolute atomic E-state index is 13.7. The van der Waals surface area contributed by atoms with E-state index in [-0.39, 0.29) is 23.8 Å². The highest BCUT2D eigenvalue weighted by Gasteiger charge is 2.49. The van der Waals surface area contributed by atoms with Crippen molar-refractivity contribution in [3.8, 4) is 5.75 Å². The van der Waals surface area contributed by atoms with E-state index in [0.29, 0.717) is 33.9 Å². The van der Waals surface area contributed by atoms with E-state index in [2.05, 4.69) is 30.8 Å². The number of pyridine rings is 1. The Labute approximate surface area is 214 Å². The van der Waals surface area contributed by atoms with E-state index < -0.39 is 11.8 Å². The summed E-state index contributed by atoms with van der Waals surface area (Å²) in [4.78, 5) is 26.9. The average molecular weight is 515 g/mol. The normalized spacial score (nSPS) is 21.8. The fraction of sp³-hybridized carbons (Fsp3) is 0.448. The first-order valence-electron chi connectivity index (χ1n) is 12.9. The Morgan fingerprint density at radius 2 is 1.78 bits per heavy atom. The van der Waals surface area contributed by atoms with Gasteiger partial charge in [0, 0.05) is 22.7 Å². The number of carbonyl (C=O) groups excluding carboxylic acids is 1. The molecule has 0 aliphatic heterocycles. The Bertz CT molecular complexity index is 1320. The van der Waals surface area contributed by atoms with Crippen molar-refractivity contribution in [1.82, 2.24) is 4.57 Å². The highest BCUT2D eigenvalue weighted by Crippen LogP contribution is 2.52. The molecule has 1 saturated carbocycles. The molecule has 1 fully saturated rings. The number of anilines is 1. The summed E-state index contributed by atoms with van der Waals surface area (Å²) < 4.78 is 42.6. The predicted molar refractivity (Wildman–Crippen MR) is 139 cm³/mol. The van der Waals surface area contributed by atoms with E-state index in [1.165, 1.54) is 28.8 Å². The van der Waals surface area contributed by atoms with Crippen LogP contribution in [-0.2, 0) is 11.3 Å². The number of amides is 1. The minimum Gasteiger partial charge on any atom is -0.406 e. The van der Waals surface area contributed by atoms with Crippen molar-refractivity contribution in [3.05, 3.63) is 70.6 Å². The molecular formula is C29H33F3N2O3. The molecule has 8 heteroatoms. The Balaban J connectivity index is 1.58. The molecule has 4 rings (SSSR count). The molecule has 2 aromatic carbocycles. The highest BCUT2D eigenvalue weighted by atomic mass is 19.4. The van der Waals surface area contributed by atoms with Crippen LogP contribution in [0.3, 0.4) is 0 Å². The summed E-state index contributed by atoms with van der Waals surface area (Å²) in [6.45, 7) is 6.61. The highest BCUT2D eigenvalue weighted by molar-refractivity contribution is 6.04. The number of fused-ring (bicyclic) bond motifs is 1. The van der Waals surface area contributed by atoms with Gasteiger partial charge in [0.25, 0.3) is 5.56 Å². The van der Waals surface area contributed by atoms with Crippen LogP contribution >= 0.6 is 0 Å². The van der Waals surface area contributed by atoms with Crippen LogP contribution in [0.4, 0.5) is 18.9 Å². The zero-order valence-electron chi connectivity index (χ0n) is 21.4. The lowest BCUT2D eigenvalue weighted by Crippen LogP contribution is -2.39. The van der Waals surface area contributed by atoms with Crippen LogP contribution in [0.1, 0.15) is 58.4 Å². The smallest absolute Gasteiger partial charge is 0.406 e. The van der Waals surface area contributed by atoms with Crippen molar-refractivity contribution in [2.45, 2.75) is 65.8 Å². The van der Waals surface area contributed by atoms with E-state index in [1.807, 2.05) is 6.07 Å². The second-order valence-corrected chi connectivity index (χ2v) is 9.99. The molecule has 1 aromatic heterocycles. The van der Waals surface area contributed by atoms with Gasteiger partial charge in [0.05, 0.1) is 12.0 Å². The number of benzene rings is 2.